The summed E-state index contributed by atoms with van der Waals surface area (Å²) in [6.45, 7) is -0.273. The van der Waals surface area contributed by atoms with E-state index in [2.05, 4.69) is 0 Å². The van der Waals surface area contributed by atoms with Crippen LogP contribution in [-0.4, -0.2) is 91.1 Å². The van der Waals surface area contributed by atoms with Crippen LogP contribution in [0.2, 0.25) is 0 Å². The first-order valence-electron chi connectivity index (χ1n) is 5.98. The second kappa shape index (κ2) is 9.98. The average Bonchev–Trinajstić information content (AvgIpc) is 2.45. The van der Waals surface area contributed by atoms with Crippen molar-refractivity contribution in [1.29, 1.82) is 0 Å². The number of carbonyl (C=O) groups is 2. The minimum atomic E-state index is -4.59. The molecule has 124 valence electrons. The number of hydrogen-bond acceptors (Lipinski definition) is 7. The Bertz CT molecular complexity index is 656. The van der Waals surface area contributed by atoms with Gasteiger partial charge in [0, 0.05) is 0 Å². The topological polar surface area (TPSA) is 147 Å². The summed E-state index contributed by atoms with van der Waals surface area (Å²) in [5, 5.41) is 17.5. The predicted octanol–water partition coefficient (Wildman–Crippen LogP) is -0.851. The third-order valence-corrected chi connectivity index (χ3v) is 3.29. The number of aliphatic hydroxyl groups excluding tert-OH is 1. The zero-order valence-electron chi connectivity index (χ0n) is 11.3. The molecular weight excluding hydrogens is 343 g/mol. The molecule has 0 bridgehead atoms. The van der Waals surface area contributed by atoms with Gasteiger partial charge in [-0.3, -0.25) is 4.55 Å². The van der Waals surface area contributed by atoms with Crippen molar-refractivity contribution in [3.05, 3.63) is 29.3 Å². The van der Waals surface area contributed by atoms with Crippen LogP contribution in [0.4, 0.5) is 0 Å². The zero-order chi connectivity index (χ0) is 16.8. The molecule has 9 nitrogen and oxygen atoms in total. The van der Waals surface area contributed by atoms with Crippen molar-refractivity contribution >= 4 is 51.6 Å². The van der Waals surface area contributed by atoms with Crippen molar-refractivity contribution in [1.82, 2.24) is 0 Å². The first kappa shape index (κ1) is 22.0. The maximum atomic E-state index is 11.8. The summed E-state index contributed by atoms with van der Waals surface area (Å²) >= 11 is 0. The summed E-state index contributed by atoms with van der Waals surface area (Å²) in [4.78, 5) is 22.2. The Morgan fingerprint density at radius 2 is 1.74 bits per heavy atom. The zero-order valence-corrected chi connectivity index (χ0v) is 12.1. The van der Waals surface area contributed by atoms with E-state index in [1.165, 1.54) is 0 Å². The van der Waals surface area contributed by atoms with Crippen LogP contribution in [0.1, 0.15) is 20.7 Å². The number of aromatic carboxylic acids is 1. The quantitative estimate of drug-likeness (QED) is 0.234. The summed E-state index contributed by atoms with van der Waals surface area (Å²) in [5.41, 5.74) is -0.974. The van der Waals surface area contributed by atoms with Gasteiger partial charge in [0.1, 0.15) is 6.61 Å². The number of carbonyl (C=O) groups excluding carboxylic acids is 1. The van der Waals surface area contributed by atoms with E-state index in [4.69, 9.17) is 24.2 Å². The number of aliphatic hydroxyl groups is 1. The molecule has 1 aromatic rings. The fourth-order valence-corrected chi connectivity index (χ4v) is 1.98. The van der Waals surface area contributed by atoms with Gasteiger partial charge in [-0.05, 0) is 18.2 Å². The van der Waals surface area contributed by atoms with E-state index in [0.29, 0.717) is 6.07 Å². The molecule has 0 aromatic heterocycles. The van der Waals surface area contributed by atoms with Crippen molar-refractivity contribution in [2.24, 2.45) is 0 Å². The minimum absolute atomic E-state index is 0. The van der Waals surface area contributed by atoms with Gasteiger partial charge in [-0.15, -0.1) is 0 Å². The van der Waals surface area contributed by atoms with Crippen LogP contribution in [0.15, 0.2) is 23.1 Å². The van der Waals surface area contributed by atoms with Crippen LogP contribution in [-0.2, 0) is 19.6 Å². The Kier molecular flexibility index (Phi) is 9.54. The molecule has 1 aromatic carbocycles. The molecule has 0 aliphatic heterocycles. The molecule has 0 unspecified atom stereocenters. The molecule has 0 aliphatic carbocycles. The third kappa shape index (κ3) is 6.96. The molecule has 0 saturated carbocycles. The third-order valence-electron chi connectivity index (χ3n) is 2.44. The maximum absolute atomic E-state index is 11.8. The number of benzene rings is 1. The van der Waals surface area contributed by atoms with E-state index in [0.717, 1.165) is 12.1 Å². The van der Waals surface area contributed by atoms with Gasteiger partial charge in [-0.2, -0.15) is 8.42 Å². The molecular formula is C12H15NaO9S. The molecule has 1 rings (SSSR count). The van der Waals surface area contributed by atoms with E-state index in [9.17, 15) is 18.0 Å². The number of carboxylic acid groups (broad SMARTS) is 1. The Morgan fingerprint density at radius 3 is 2.26 bits per heavy atom. The van der Waals surface area contributed by atoms with Crippen LogP contribution in [0.25, 0.3) is 0 Å². The second-order valence-corrected chi connectivity index (χ2v) is 5.38. The fourth-order valence-electron chi connectivity index (χ4n) is 1.48. The van der Waals surface area contributed by atoms with Crippen molar-refractivity contribution in [2.75, 3.05) is 26.4 Å². The fraction of sp³-hybridized carbons (Fsp3) is 0.333. The molecule has 23 heavy (non-hydrogen) atoms. The van der Waals surface area contributed by atoms with Gasteiger partial charge in [0.2, 0.25) is 0 Å². The number of esters is 1. The van der Waals surface area contributed by atoms with E-state index in [1.54, 1.807) is 0 Å². The van der Waals surface area contributed by atoms with Crippen LogP contribution < -0.4 is 0 Å². The Labute approximate surface area is 154 Å². The predicted molar refractivity (Wildman–Crippen MR) is 78.6 cm³/mol. The Morgan fingerprint density at radius 1 is 1.09 bits per heavy atom. The molecule has 0 aliphatic rings. The summed E-state index contributed by atoms with van der Waals surface area (Å²) in [6, 6.07) is 2.49. The molecule has 0 fully saturated rings. The van der Waals surface area contributed by atoms with Gasteiger partial charge in [0.15, 0.2) is 0 Å². The monoisotopic (exact) mass is 358 g/mol. The van der Waals surface area contributed by atoms with Gasteiger partial charge >= 0.3 is 41.5 Å². The summed E-state index contributed by atoms with van der Waals surface area (Å²) in [6.07, 6.45) is 0. The SMILES string of the molecule is O=C(O)c1cc(S(=O)(=O)O)ccc1C(=O)OCCOCCO.[NaH]. The molecule has 0 spiro atoms. The summed E-state index contributed by atoms with van der Waals surface area (Å²) < 4.78 is 40.4. The van der Waals surface area contributed by atoms with Gasteiger partial charge in [-0.25, -0.2) is 9.59 Å². The molecule has 0 heterocycles. The van der Waals surface area contributed by atoms with Gasteiger partial charge in [0.05, 0.1) is 35.8 Å². The van der Waals surface area contributed by atoms with E-state index in [1.807, 2.05) is 0 Å². The van der Waals surface area contributed by atoms with Crippen LogP contribution in [0.3, 0.4) is 0 Å². The first-order chi connectivity index (χ1) is 10.3. The summed E-state index contributed by atoms with van der Waals surface area (Å²) in [5.74, 6) is -2.53. The average molecular weight is 358 g/mol. The molecule has 0 radical (unpaired) electrons. The molecule has 3 N–H and O–H groups in total. The van der Waals surface area contributed by atoms with Crippen molar-refractivity contribution in [2.45, 2.75) is 4.90 Å². The molecule has 11 heteroatoms. The van der Waals surface area contributed by atoms with Crippen molar-refractivity contribution in [3.8, 4) is 0 Å². The standard InChI is InChI=1S/C12H14O9S.Na.H/c13-3-4-20-5-6-21-12(16)9-2-1-8(22(17,18)19)7-10(9)11(14)15;;/h1-2,7,13H,3-6H2,(H,14,15)(H,17,18,19);;. The van der Waals surface area contributed by atoms with E-state index >= 15 is 0 Å². The number of hydrogen-bond donors (Lipinski definition) is 3. The molecule has 0 saturated heterocycles. The Balaban J connectivity index is 0.00000484. The normalized spacial score (nSPS) is 10.7. The van der Waals surface area contributed by atoms with Gasteiger partial charge in [0.25, 0.3) is 10.1 Å². The summed E-state index contributed by atoms with van der Waals surface area (Å²) in [7, 11) is -4.59. The van der Waals surface area contributed by atoms with E-state index in [-0.39, 0.29) is 61.5 Å². The van der Waals surface area contributed by atoms with E-state index < -0.39 is 32.5 Å². The number of ether oxygens (including phenoxy) is 2. The first-order valence-corrected chi connectivity index (χ1v) is 7.42. The Hall–Kier alpha value is -1.01. The number of carboxylic acids is 1. The van der Waals surface area contributed by atoms with Crippen molar-refractivity contribution < 1.29 is 42.2 Å². The number of rotatable bonds is 8. The van der Waals surface area contributed by atoms with Gasteiger partial charge in [-0.1, -0.05) is 0 Å². The van der Waals surface area contributed by atoms with Crippen LogP contribution >= 0.6 is 0 Å². The molecule has 0 amide bonds. The second-order valence-electron chi connectivity index (χ2n) is 3.96. The van der Waals surface area contributed by atoms with Crippen LogP contribution in [0.5, 0.6) is 0 Å². The van der Waals surface area contributed by atoms with Crippen LogP contribution in [0, 0.1) is 0 Å². The van der Waals surface area contributed by atoms with Gasteiger partial charge < -0.3 is 19.7 Å². The van der Waals surface area contributed by atoms with Crippen molar-refractivity contribution in [3.63, 3.8) is 0 Å². The molecule has 0 atom stereocenters.